The van der Waals surface area contributed by atoms with Crippen LogP contribution in [0.1, 0.15) is 64.2 Å². The Hall–Kier alpha value is -2.01. The Morgan fingerprint density at radius 3 is 2.33 bits per heavy atom. The van der Waals surface area contributed by atoms with Crippen molar-refractivity contribution in [2.24, 2.45) is 11.8 Å². The highest BCUT2D eigenvalue weighted by Gasteiger charge is 2.60. The summed E-state index contributed by atoms with van der Waals surface area (Å²) in [6, 6.07) is 1.90. The molecule has 27 heavy (non-hydrogen) atoms. The van der Waals surface area contributed by atoms with Gasteiger partial charge in [-0.1, -0.05) is 44.9 Å². The number of ketones is 1. The van der Waals surface area contributed by atoms with Gasteiger partial charge in [0.15, 0.2) is 16.6 Å². The van der Waals surface area contributed by atoms with Crippen LogP contribution in [-0.2, 0) is 19.1 Å². The fraction of sp³-hybridized carbons (Fsp3) is 0.737. The first-order valence-electron chi connectivity index (χ1n) is 9.61. The van der Waals surface area contributed by atoms with Crippen LogP contribution in [-0.4, -0.2) is 35.4 Å². The van der Waals surface area contributed by atoms with Crippen molar-refractivity contribution >= 4 is 35.0 Å². The van der Waals surface area contributed by atoms with E-state index >= 15 is 0 Å². The molecule has 0 aromatic heterocycles. The molecule has 0 aromatic carbocycles. The zero-order valence-corrected chi connectivity index (χ0v) is 16.5. The van der Waals surface area contributed by atoms with Gasteiger partial charge in [-0.3, -0.25) is 9.59 Å². The standard InChI is InChI=1S/C19H27N3O4S/c1-26-17(25)19(14(12-20)16(24)21-18(27)22-19)13-10-8-6-4-2-3-5-7-9-11-15(13)23/h13-14H,2-11H2,1H3,(H2,21,22,24,27)/t13-,14+,19-/m1/s1. The summed E-state index contributed by atoms with van der Waals surface area (Å²) in [5.41, 5.74) is -1.77. The molecule has 8 heteroatoms. The first kappa shape index (κ1) is 21.3. The third-order valence-electron chi connectivity index (χ3n) is 5.53. The minimum Gasteiger partial charge on any atom is -0.467 e. The van der Waals surface area contributed by atoms with E-state index in [1.54, 1.807) is 0 Å². The van der Waals surface area contributed by atoms with Gasteiger partial charge in [-0.05, 0) is 25.1 Å². The SMILES string of the molecule is COC(=O)[C@]1([C@@H]2CCCCCCCCCCC2=O)NC(=S)NC(=O)[C@@H]1C#N. The highest BCUT2D eigenvalue weighted by Crippen LogP contribution is 2.36. The van der Waals surface area contributed by atoms with Crippen LogP contribution in [0.25, 0.3) is 0 Å². The maximum atomic E-state index is 13.1. The molecule has 0 aromatic rings. The normalized spacial score (nSPS) is 30.7. The summed E-state index contributed by atoms with van der Waals surface area (Å²) in [7, 11) is 1.19. The number of nitrogens with one attached hydrogen (secondary N) is 2. The van der Waals surface area contributed by atoms with E-state index in [1.807, 2.05) is 6.07 Å². The number of Topliss-reactive ketones (excluding diaryl/α,β-unsaturated/α-hetero) is 1. The number of ether oxygens (including phenoxy) is 1. The number of nitrogens with zero attached hydrogens (tertiary/aromatic N) is 1. The lowest BCUT2D eigenvalue weighted by Gasteiger charge is -2.44. The monoisotopic (exact) mass is 393 g/mol. The van der Waals surface area contributed by atoms with Crippen molar-refractivity contribution < 1.29 is 19.1 Å². The lowest BCUT2D eigenvalue weighted by atomic mass is 9.68. The van der Waals surface area contributed by atoms with Crippen LogP contribution in [0.2, 0.25) is 0 Å². The highest BCUT2D eigenvalue weighted by atomic mass is 32.1. The molecule has 0 radical (unpaired) electrons. The summed E-state index contributed by atoms with van der Waals surface area (Å²) >= 11 is 5.08. The number of hydrogen-bond donors (Lipinski definition) is 2. The Labute approximate surface area is 165 Å². The van der Waals surface area contributed by atoms with Gasteiger partial charge in [0.2, 0.25) is 5.91 Å². The molecule has 2 N–H and O–H groups in total. The van der Waals surface area contributed by atoms with Crippen molar-refractivity contribution in [3.05, 3.63) is 0 Å². The van der Waals surface area contributed by atoms with Crippen molar-refractivity contribution in [3.8, 4) is 6.07 Å². The Morgan fingerprint density at radius 2 is 1.74 bits per heavy atom. The molecule has 2 aliphatic rings. The fourth-order valence-electron chi connectivity index (χ4n) is 4.14. The summed E-state index contributed by atoms with van der Waals surface area (Å²) in [5, 5.41) is 14.8. The number of methoxy groups -OCH3 is 1. The number of thiocarbonyl (C=S) groups is 1. The van der Waals surface area contributed by atoms with Gasteiger partial charge in [-0.2, -0.15) is 5.26 Å². The van der Waals surface area contributed by atoms with Crippen molar-refractivity contribution in [1.82, 2.24) is 10.6 Å². The van der Waals surface area contributed by atoms with Gasteiger partial charge in [0.05, 0.1) is 19.1 Å². The Kier molecular flexibility index (Phi) is 7.72. The molecule has 1 saturated carbocycles. The number of rotatable bonds is 2. The van der Waals surface area contributed by atoms with Crippen LogP contribution in [0.4, 0.5) is 0 Å². The van der Waals surface area contributed by atoms with Crippen molar-refractivity contribution in [3.63, 3.8) is 0 Å². The number of nitriles is 1. The van der Waals surface area contributed by atoms with E-state index in [1.165, 1.54) is 13.5 Å². The van der Waals surface area contributed by atoms with E-state index in [0.29, 0.717) is 12.8 Å². The van der Waals surface area contributed by atoms with E-state index in [-0.39, 0.29) is 10.9 Å². The lowest BCUT2D eigenvalue weighted by Crippen LogP contribution is -2.73. The molecule has 1 aliphatic carbocycles. The number of carbonyl (C=O) groups excluding carboxylic acids is 3. The van der Waals surface area contributed by atoms with E-state index < -0.39 is 29.3 Å². The van der Waals surface area contributed by atoms with Crippen LogP contribution in [0.15, 0.2) is 0 Å². The Bertz CT molecular complexity index is 645. The third kappa shape index (κ3) is 4.64. The van der Waals surface area contributed by atoms with Gasteiger partial charge in [-0.15, -0.1) is 0 Å². The molecule has 1 aliphatic heterocycles. The topological polar surface area (TPSA) is 108 Å². The molecule has 1 amide bonds. The van der Waals surface area contributed by atoms with Crippen molar-refractivity contribution in [2.75, 3.05) is 7.11 Å². The van der Waals surface area contributed by atoms with Crippen LogP contribution < -0.4 is 10.6 Å². The predicted octanol–water partition coefficient (Wildman–Crippen LogP) is 2.14. The second-order valence-corrected chi connectivity index (χ2v) is 7.66. The van der Waals surface area contributed by atoms with Crippen molar-refractivity contribution in [2.45, 2.75) is 69.7 Å². The molecule has 0 bridgehead atoms. The minimum absolute atomic E-state index is 0.0594. The van der Waals surface area contributed by atoms with Gasteiger partial charge in [0, 0.05) is 6.42 Å². The summed E-state index contributed by atoms with van der Waals surface area (Å²) in [6.45, 7) is 0. The minimum atomic E-state index is -1.77. The molecule has 1 saturated heterocycles. The zero-order chi connectivity index (χ0) is 19.9. The molecule has 148 valence electrons. The van der Waals surface area contributed by atoms with Gasteiger partial charge in [-0.25, -0.2) is 4.79 Å². The summed E-state index contributed by atoms with van der Waals surface area (Å²) in [6.07, 6.45) is 8.59. The molecule has 7 nitrogen and oxygen atoms in total. The summed E-state index contributed by atoms with van der Waals surface area (Å²) < 4.78 is 4.95. The number of hydrogen-bond acceptors (Lipinski definition) is 6. The highest BCUT2D eigenvalue weighted by molar-refractivity contribution is 7.80. The average Bonchev–Trinajstić information content (AvgIpc) is 2.63. The molecule has 0 spiro atoms. The van der Waals surface area contributed by atoms with E-state index in [2.05, 4.69) is 10.6 Å². The first-order valence-corrected chi connectivity index (χ1v) is 10.0. The quantitative estimate of drug-likeness (QED) is 0.546. The lowest BCUT2D eigenvalue weighted by molar-refractivity contribution is -0.159. The first-order chi connectivity index (χ1) is 13.0. The second-order valence-electron chi connectivity index (χ2n) is 7.25. The molecule has 1 heterocycles. The second kappa shape index (κ2) is 9.79. The molecular weight excluding hydrogens is 366 g/mol. The van der Waals surface area contributed by atoms with Crippen molar-refractivity contribution in [1.29, 1.82) is 5.26 Å². The fourth-order valence-corrected chi connectivity index (χ4v) is 4.41. The van der Waals surface area contributed by atoms with Gasteiger partial charge in [0.1, 0.15) is 5.78 Å². The summed E-state index contributed by atoms with van der Waals surface area (Å²) in [4.78, 5) is 38.4. The van der Waals surface area contributed by atoms with E-state index in [4.69, 9.17) is 17.0 Å². The maximum Gasteiger partial charge on any atom is 0.334 e. The van der Waals surface area contributed by atoms with E-state index in [9.17, 15) is 19.6 Å². The van der Waals surface area contributed by atoms with Gasteiger partial charge >= 0.3 is 5.97 Å². The number of amides is 1. The molecule has 2 fully saturated rings. The number of esters is 1. The predicted molar refractivity (Wildman–Crippen MR) is 102 cm³/mol. The molecule has 2 rings (SSSR count). The third-order valence-corrected chi connectivity index (χ3v) is 5.74. The average molecular weight is 394 g/mol. The van der Waals surface area contributed by atoms with Crippen LogP contribution >= 0.6 is 12.2 Å². The van der Waals surface area contributed by atoms with Crippen LogP contribution in [0.5, 0.6) is 0 Å². The number of carbonyl (C=O) groups is 3. The van der Waals surface area contributed by atoms with Gasteiger partial charge in [0.25, 0.3) is 0 Å². The molecular formula is C19H27N3O4S. The maximum absolute atomic E-state index is 13.1. The molecule has 0 unspecified atom stereocenters. The smallest absolute Gasteiger partial charge is 0.334 e. The Morgan fingerprint density at radius 1 is 1.15 bits per heavy atom. The van der Waals surface area contributed by atoms with Crippen LogP contribution in [0, 0.1) is 23.2 Å². The van der Waals surface area contributed by atoms with E-state index in [0.717, 1.165) is 44.9 Å². The summed E-state index contributed by atoms with van der Waals surface area (Å²) in [5.74, 6) is -3.81. The van der Waals surface area contributed by atoms with Gasteiger partial charge < -0.3 is 15.4 Å². The largest absolute Gasteiger partial charge is 0.467 e. The molecule has 3 atom stereocenters. The Balaban J connectivity index is 2.44. The zero-order valence-electron chi connectivity index (χ0n) is 15.7. The van der Waals surface area contributed by atoms with Crippen LogP contribution in [0.3, 0.4) is 0 Å².